The number of quaternary nitrogens is 1. The first-order valence-corrected chi connectivity index (χ1v) is 11.3. The summed E-state index contributed by atoms with van der Waals surface area (Å²) in [5.41, 5.74) is 0.953. The van der Waals surface area contributed by atoms with Crippen molar-refractivity contribution in [1.82, 2.24) is 4.98 Å². The van der Waals surface area contributed by atoms with E-state index in [0.717, 1.165) is 53.1 Å². The lowest BCUT2D eigenvalue weighted by Gasteiger charge is -2.26. The number of hydrogen-bond donors (Lipinski definition) is 1. The van der Waals surface area contributed by atoms with Gasteiger partial charge in [0.25, 0.3) is 0 Å². The second kappa shape index (κ2) is 9.52. The van der Waals surface area contributed by atoms with Gasteiger partial charge in [0.15, 0.2) is 5.13 Å². The van der Waals surface area contributed by atoms with E-state index in [1.54, 1.807) is 23.1 Å². The Morgan fingerprint density at radius 1 is 1.11 bits per heavy atom. The molecule has 2 aromatic carbocycles. The summed E-state index contributed by atoms with van der Waals surface area (Å²) in [6, 6.07) is 18.1. The van der Waals surface area contributed by atoms with E-state index in [2.05, 4.69) is 6.07 Å². The van der Waals surface area contributed by atoms with Crippen LogP contribution in [0, 0.1) is 0 Å². The molecule has 7 heteroatoms. The maximum atomic E-state index is 13.1. The highest BCUT2D eigenvalue weighted by Gasteiger charge is 2.23. The molecule has 0 aliphatic carbocycles. The van der Waals surface area contributed by atoms with E-state index in [-0.39, 0.29) is 5.91 Å². The number of fused-ring (bicyclic) bond motifs is 1. The normalized spacial score (nSPS) is 15.0. The molecule has 1 fully saturated rings. The number of rotatable bonds is 7. The molecule has 1 aliphatic rings. The van der Waals surface area contributed by atoms with Crippen LogP contribution in [0.2, 0.25) is 0 Å². The van der Waals surface area contributed by atoms with Crippen molar-refractivity contribution in [3.05, 3.63) is 54.6 Å². The molecule has 4 rings (SSSR count). The van der Waals surface area contributed by atoms with E-state index in [0.29, 0.717) is 12.3 Å². The van der Waals surface area contributed by atoms with E-state index in [4.69, 9.17) is 9.72 Å². The predicted molar refractivity (Wildman–Crippen MR) is 116 cm³/mol. The Labute approximate surface area is 173 Å². The summed E-state index contributed by atoms with van der Waals surface area (Å²) in [4.78, 5) is 22.3. The summed E-state index contributed by atoms with van der Waals surface area (Å²) in [7, 11) is 0. The van der Waals surface area contributed by atoms with Crippen molar-refractivity contribution < 1.29 is 14.4 Å². The van der Waals surface area contributed by atoms with Crippen molar-refractivity contribution >= 4 is 44.4 Å². The number of thiazole rings is 1. The molecule has 0 radical (unpaired) electrons. The first-order valence-electron chi connectivity index (χ1n) is 9.55. The Morgan fingerprint density at radius 2 is 1.86 bits per heavy atom. The first-order chi connectivity index (χ1) is 13.8. The molecule has 3 aromatic rings. The number of carbonyl (C=O) groups excluding carboxylic acids is 1. The van der Waals surface area contributed by atoms with E-state index < -0.39 is 0 Å². The fraction of sp³-hybridized carbons (Fsp3) is 0.333. The van der Waals surface area contributed by atoms with Crippen LogP contribution in [0.15, 0.2) is 59.5 Å². The van der Waals surface area contributed by atoms with Gasteiger partial charge in [-0.25, -0.2) is 4.98 Å². The van der Waals surface area contributed by atoms with Crippen LogP contribution in [0.3, 0.4) is 0 Å². The van der Waals surface area contributed by atoms with Crippen LogP contribution >= 0.6 is 23.1 Å². The number of amides is 1. The second-order valence-electron chi connectivity index (χ2n) is 6.72. The number of carbonyl (C=O) groups is 1. The van der Waals surface area contributed by atoms with E-state index >= 15 is 0 Å². The third-order valence-corrected chi connectivity index (χ3v) is 6.87. The lowest BCUT2D eigenvalue weighted by Crippen LogP contribution is -3.14. The zero-order valence-electron chi connectivity index (χ0n) is 15.7. The number of anilines is 1. The number of morpholine rings is 1. The van der Waals surface area contributed by atoms with Crippen LogP contribution < -0.4 is 9.80 Å². The van der Waals surface area contributed by atoms with Crippen LogP contribution in [0.5, 0.6) is 0 Å². The van der Waals surface area contributed by atoms with Gasteiger partial charge in [0.05, 0.1) is 42.3 Å². The van der Waals surface area contributed by atoms with Crippen LogP contribution in [0.4, 0.5) is 5.13 Å². The summed E-state index contributed by atoms with van der Waals surface area (Å²) < 4.78 is 6.57. The van der Waals surface area contributed by atoms with Gasteiger partial charge in [0.2, 0.25) is 5.91 Å². The van der Waals surface area contributed by atoms with Gasteiger partial charge in [0, 0.05) is 4.90 Å². The minimum absolute atomic E-state index is 0.112. The van der Waals surface area contributed by atoms with Gasteiger partial charge >= 0.3 is 0 Å². The van der Waals surface area contributed by atoms with E-state index in [9.17, 15) is 4.79 Å². The summed E-state index contributed by atoms with van der Waals surface area (Å²) in [5, 5.41) is 0.799. The minimum atomic E-state index is 0.112. The summed E-state index contributed by atoms with van der Waals surface area (Å²) in [6.07, 6.45) is 0. The van der Waals surface area contributed by atoms with Crippen molar-refractivity contribution in [1.29, 1.82) is 0 Å². The Balaban J connectivity index is 1.48. The molecule has 2 heterocycles. The third kappa shape index (κ3) is 4.91. The quantitative estimate of drug-likeness (QED) is 0.603. The van der Waals surface area contributed by atoms with Crippen molar-refractivity contribution in [2.24, 2.45) is 0 Å². The van der Waals surface area contributed by atoms with Gasteiger partial charge in [-0.05, 0) is 24.3 Å². The zero-order valence-corrected chi connectivity index (χ0v) is 17.3. The van der Waals surface area contributed by atoms with Gasteiger partial charge in [-0.2, -0.15) is 0 Å². The fourth-order valence-electron chi connectivity index (χ4n) is 3.22. The van der Waals surface area contributed by atoms with Gasteiger partial charge in [0.1, 0.15) is 13.1 Å². The maximum Gasteiger partial charge on any atom is 0.239 e. The maximum absolute atomic E-state index is 13.1. The smallest absolute Gasteiger partial charge is 0.239 e. The topological polar surface area (TPSA) is 46.9 Å². The van der Waals surface area contributed by atoms with Crippen LogP contribution in [0.25, 0.3) is 10.2 Å². The Bertz CT molecular complexity index is 877. The Hall–Kier alpha value is -1.93. The van der Waals surface area contributed by atoms with Crippen molar-refractivity contribution in [3.8, 4) is 0 Å². The highest BCUT2D eigenvalue weighted by Crippen LogP contribution is 2.29. The predicted octanol–water partition coefficient (Wildman–Crippen LogP) is 2.34. The van der Waals surface area contributed by atoms with Gasteiger partial charge < -0.3 is 9.64 Å². The number of benzene rings is 2. The van der Waals surface area contributed by atoms with Crippen molar-refractivity contribution in [2.45, 2.75) is 4.90 Å². The molecule has 1 aromatic heterocycles. The number of nitrogens with zero attached hydrogens (tertiary/aromatic N) is 2. The molecule has 1 N–H and O–H groups in total. The van der Waals surface area contributed by atoms with Gasteiger partial charge in [-0.1, -0.05) is 41.7 Å². The highest BCUT2D eigenvalue weighted by atomic mass is 32.2. The molecule has 0 saturated carbocycles. The van der Waals surface area contributed by atoms with Crippen LogP contribution in [-0.2, 0) is 9.53 Å². The molecule has 1 saturated heterocycles. The van der Waals surface area contributed by atoms with Gasteiger partial charge in [-0.3, -0.25) is 9.69 Å². The molecule has 1 amide bonds. The molecule has 1 aliphatic heterocycles. The van der Waals surface area contributed by atoms with Gasteiger partial charge in [-0.15, -0.1) is 11.8 Å². The number of ether oxygens (including phenoxy) is 1. The molecule has 0 bridgehead atoms. The molecule has 0 unspecified atom stereocenters. The zero-order chi connectivity index (χ0) is 19.2. The average Bonchev–Trinajstić information content (AvgIpc) is 3.18. The first kappa shape index (κ1) is 19.4. The number of para-hydroxylation sites is 1. The average molecular weight is 415 g/mol. The molecule has 5 nitrogen and oxygen atoms in total. The second-order valence-corrected chi connectivity index (χ2v) is 8.78. The fourth-order valence-corrected chi connectivity index (χ4v) is 5.03. The lowest BCUT2D eigenvalue weighted by atomic mass is 10.3. The Kier molecular flexibility index (Phi) is 6.59. The molecular formula is C21H24N3O2S2+. The Morgan fingerprint density at radius 3 is 2.64 bits per heavy atom. The van der Waals surface area contributed by atoms with Crippen molar-refractivity contribution in [2.75, 3.05) is 50.0 Å². The number of nitrogens with one attached hydrogen (secondary N) is 1. The van der Waals surface area contributed by atoms with Crippen LogP contribution in [-0.4, -0.2) is 56.0 Å². The number of aromatic nitrogens is 1. The molecule has 146 valence electrons. The molecule has 28 heavy (non-hydrogen) atoms. The van der Waals surface area contributed by atoms with E-state index in [1.165, 1.54) is 4.90 Å². The molecule has 0 atom stereocenters. The standard InChI is InChI=1S/C21H23N3O2S2/c25-20(16-27-17-6-2-1-3-7-17)24(11-10-23-12-14-26-15-13-23)21-22-18-8-4-5-9-19(18)28-21/h1-9H,10-16H2/p+1. The molecule has 0 spiro atoms. The number of hydrogen-bond acceptors (Lipinski definition) is 5. The number of thioether (sulfide) groups is 1. The third-order valence-electron chi connectivity index (χ3n) is 4.81. The summed E-state index contributed by atoms with van der Waals surface area (Å²) >= 11 is 3.17. The summed E-state index contributed by atoms with van der Waals surface area (Å²) in [5.74, 6) is 0.527. The monoisotopic (exact) mass is 414 g/mol. The molecular weight excluding hydrogens is 390 g/mol. The minimum Gasteiger partial charge on any atom is -0.370 e. The SMILES string of the molecule is O=C(CSc1ccccc1)N(CC[NH+]1CCOCC1)c1nc2ccccc2s1. The largest absolute Gasteiger partial charge is 0.370 e. The summed E-state index contributed by atoms with van der Waals surface area (Å²) in [6.45, 7) is 5.20. The van der Waals surface area contributed by atoms with Crippen LogP contribution in [0.1, 0.15) is 0 Å². The lowest BCUT2D eigenvalue weighted by molar-refractivity contribution is -0.906. The van der Waals surface area contributed by atoms with Crippen molar-refractivity contribution in [3.63, 3.8) is 0 Å². The van der Waals surface area contributed by atoms with E-state index in [1.807, 2.05) is 53.4 Å². The highest BCUT2D eigenvalue weighted by molar-refractivity contribution is 8.00.